The van der Waals surface area contributed by atoms with Gasteiger partial charge in [-0.25, -0.2) is 0 Å². The van der Waals surface area contributed by atoms with Gasteiger partial charge in [0.05, 0.1) is 18.1 Å². The summed E-state index contributed by atoms with van der Waals surface area (Å²) >= 11 is 11.7. The lowest BCUT2D eigenvalue weighted by Crippen LogP contribution is -2.27. The van der Waals surface area contributed by atoms with Gasteiger partial charge in [-0.05, 0) is 38.2 Å². The van der Waals surface area contributed by atoms with Crippen molar-refractivity contribution in [3.8, 4) is 5.75 Å². The second kappa shape index (κ2) is 11.0. The maximum absolute atomic E-state index is 11.5. The molecule has 20 heavy (non-hydrogen) atoms. The molecule has 0 fully saturated rings. The minimum atomic E-state index is -0.0267. The number of amides is 1. The van der Waals surface area contributed by atoms with E-state index >= 15 is 0 Å². The summed E-state index contributed by atoms with van der Waals surface area (Å²) in [5, 5.41) is 6.83. The van der Waals surface area contributed by atoms with Gasteiger partial charge in [0.15, 0.2) is 0 Å². The average molecular weight is 342 g/mol. The highest BCUT2D eigenvalue weighted by molar-refractivity contribution is 6.35. The van der Waals surface area contributed by atoms with Crippen LogP contribution >= 0.6 is 35.6 Å². The van der Waals surface area contributed by atoms with Gasteiger partial charge >= 0.3 is 0 Å². The molecule has 0 aliphatic carbocycles. The Morgan fingerprint density at radius 1 is 1.30 bits per heavy atom. The van der Waals surface area contributed by atoms with Crippen LogP contribution in [0.25, 0.3) is 0 Å². The monoisotopic (exact) mass is 340 g/mol. The average Bonchev–Trinajstić information content (AvgIpc) is 2.37. The highest BCUT2D eigenvalue weighted by atomic mass is 35.5. The molecule has 1 amide bonds. The van der Waals surface area contributed by atoms with E-state index in [1.807, 2.05) is 7.05 Å². The maximum atomic E-state index is 11.5. The summed E-state index contributed by atoms with van der Waals surface area (Å²) < 4.78 is 5.43. The fourth-order valence-electron chi connectivity index (χ4n) is 1.43. The number of hydrogen-bond acceptors (Lipinski definition) is 3. The van der Waals surface area contributed by atoms with E-state index in [2.05, 4.69) is 10.6 Å². The van der Waals surface area contributed by atoms with Gasteiger partial charge in [-0.3, -0.25) is 4.79 Å². The summed E-state index contributed by atoms with van der Waals surface area (Å²) in [6.45, 7) is 1.84. The fourth-order valence-corrected chi connectivity index (χ4v) is 1.89. The Bertz CT molecular complexity index is 417. The third-order valence-corrected chi connectivity index (χ3v) is 2.94. The van der Waals surface area contributed by atoms with Gasteiger partial charge in [-0.2, -0.15) is 0 Å². The smallest absolute Gasteiger partial charge is 0.223 e. The first-order valence-corrected chi connectivity index (χ1v) is 6.88. The van der Waals surface area contributed by atoms with Gasteiger partial charge in [0, 0.05) is 11.6 Å². The van der Waals surface area contributed by atoms with Crippen LogP contribution in [0.4, 0.5) is 0 Å². The molecule has 114 valence electrons. The van der Waals surface area contributed by atoms with Gasteiger partial charge in [0.25, 0.3) is 0 Å². The molecule has 1 aromatic rings. The van der Waals surface area contributed by atoms with E-state index in [1.165, 1.54) is 0 Å². The lowest BCUT2D eigenvalue weighted by atomic mass is 10.3. The fraction of sp³-hybridized carbons (Fsp3) is 0.462. The number of halogens is 3. The number of hydrogen-bond donors (Lipinski definition) is 2. The first kappa shape index (κ1) is 19.3. The highest BCUT2D eigenvalue weighted by Crippen LogP contribution is 2.27. The van der Waals surface area contributed by atoms with Gasteiger partial charge in [0.1, 0.15) is 5.75 Å². The summed E-state index contributed by atoms with van der Waals surface area (Å²) in [4.78, 5) is 11.5. The van der Waals surface area contributed by atoms with Crippen molar-refractivity contribution in [3.05, 3.63) is 28.2 Å². The van der Waals surface area contributed by atoms with E-state index in [0.717, 1.165) is 13.0 Å². The van der Waals surface area contributed by atoms with Crippen LogP contribution in [0.5, 0.6) is 5.75 Å². The SMILES string of the molecule is CNCCCNC(=O)CCOc1ccc(Cl)cc1Cl.Cl. The molecule has 0 radical (unpaired) electrons. The van der Waals surface area contributed by atoms with Crippen LogP contribution in [-0.4, -0.2) is 32.7 Å². The second-order valence-corrected chi connectivity index (χ2v) is 4.82. The van der Waals surface area contributed by atoms with Crippen LogP contribution in [-0.2, 0) is 4.79 Å². The molecular formula is C13H19Cl3N2O2. The van der Waals surface area contributed by atoms with Crippen molar-refractivity contribution in [2.75, 3.05) is 26.7 Å². The lowest BCUT2D eigenvalue weighted by molar-refractivity contribution is -0.121. The number of benzene rings is 1. The molecule has 0 saturated heterocycles. The molecule has 4 nitrogen and oxygen atoms in total. The number of rotatable bonds is 8. The van der Waals surface area contributed by atoms with Crippen molar-refractivity contribution in [2.45, 2.75) is 12.8 Å². The van der Waals surface area contributed by atoms with E-state index in [9.17, 15) is 4.79 Å². The van der Waals surface area contributed by atoms with E-state index < -0.39 is 0 Å². The number of nitrogens with one attached hydrogen (secondary N) is 2. The van der Waals surface area contributed by atoms with E-state index in [0.29, 0.717) is 35.4 Å². The normalized spacial score (nSPS) is 9.75. The molecule has 0 aliphatic heterocycles. The van der Waals surface area contributed by atoms with Crippen molar-refractivity contribution in [1.82, 2.24) is 10.6 Å². The van der Waals surface area contributed by atoms with E-state index in [-0.39, 0.29) is 18.3 Å². The lowest BCUT2D eigenvalue weighted by Gasteiger charge is -2.08. The Kier molecular flexibility index (Phi) is 10.7. The Balaban J connectivity index is 0.00000361. The molecule has 0 unspecified atom stereocenters. The second-order valence-electron chi connectivity index (χ2n) is 3.98. The predicted octanol–water partition coefficient (Wildman–Crippen LogP) is 2.91. The van der Waals surface area contributed by atoms with Crippen LogP contribution in [0, 0.1) is 0 Å². The minimum Gasteiger partial charge on any atom is -0.491 e. The topological polar surface area (TPSA) is 50.4 Å². The van der Waals surface area contributed by atoms with Crippen molar-refractivity contribution in [1.29, 1.82) is 0 Å². The van der Waals surface area contributed by atoms with E-state index in [4.69, 9.17) is 27.9 Å². The number of ether oxygens (including phenoxy) is 1. The Morgan fingerprint density at radius 3 is 2.70 bits per heavy atom. The molecule has 1 rings (SSSR count). The van der Waals surface area contributed by atoms with E-state index in [1.54, 1.807) is 18.2 Å². The summed E-state index contributed by atoms with van der Waals surface area (Å²) in [6, 6.07) is 4.99. The van der Waals surface area contributed by atoms with Crippen molar-refractivity contribution < 1.29 is 9.53 Å². The predicted molar refractivity (Wildman–Crippen MR) is 85.4 cm³/mol. The largest absolute Gasteiger partial charge is 0.491 e. The molecule has 0 saturated carbocycles. The zero-order valence-corrected chi connectivity index (χ0v) is 13.6. The molecule has 0 aliphatic rings. The summed E-state index contributed by atoms with van der Waals surface area (Å²) in [5.41, 5.74) is 0. The standard InChI is InChI=1S/C13H18Cl2N2O2.ClH/c1-16-6-2-7-17-13(18)5-8-19-12-4-3-10(14)9-11(12)15;/h3-4,9,16H,2,5-8H2,1H3,(H,17,18);1H. The van der Waals surface area contributed by atoms with Crippen molar-refractivity contribution in [2.24, 2.45) is 0 Å². The molecule has 1 aromatic carbocycles. The molecule has 2 N–H and O–H groups in total. The summed E-state index contributed by atoms with van der Waals surface area (Å²) in [6.07, 6.45) is 1.21. The molecule has 0 aromatic heterocycles. The van der Waals surface area contributed by atoms with Crippen LogP contribution in [0.2, 0.25) is 10.0 Å². The van der Waals surface area contributed by atoms with Crippen LogP contribution < -0.4 is 15.4 Å². The van der Waals surface area contributed by atoms with Gasteiger partial charge in [-0.1, -0.05) is 23.2 Å². The number of carbonyl (C=O) groups is 1. The zero-order valence-electron chi connectivity index (χ0n) is 11.2. The first-order valence-electron chi connectivity index (χ1n) is 6.12. The van der Waals surface area contributed by atoms with Gasteiger partial charge < -0.3 is 15.4 Å². The third-order valence-electron chi connectivity index (χ3n) is 2.41. The first-order chi connectivity index (χ1) is 9.13. The molecular weight excluding hydrogens is 323 g/mol. The third kappa shape index (κ3) is 7.80. The number of carbonyl (C=O) groups excluding carboxylic acids is 1. The Hall–Kier alpha value is -0.680. The van der Waals surface area contributed by atoms with Crippen LogP contribution in [0.15, 0.2) is 18.2 Å². The quantitative estimate of drug-likeness (QED) is 0.715. The summed E-state index contributed by atoms with van der Waals surface area (Å²) in [5.74, 6) is 0.509. The van der Waals surface area contributed by atoms with Crippen molar-refractivity contribution in [3.63, 3.8) is 0 Å². The minimum absolute atomic E-state index is 0. The van der Waals surface area contributed by atoms with Crippen LogP contribution in [0.1, 0.15) is 12.8 Å². The highest BCUT2D eigenvalue weighted by Gasteiger charge is 2.04. The Morgan fingerprint density at radius 2 is 2.05 bits per heavy atom. The Labute approximate surface area is 135 Å². The van der Waals surface area contributed by atoms with Gasteiger partial charge in [-0.15, -0.1) is 12.4 Å². The molecule has 0 bridgehead atoms. The molecule has 0 heterocycles. The maximum Gasteiger partial charge on any atom is 0.223 e. The molecule has 0 spiro atoms. The van der Waals surface area contributed by atoms with Crippen molar-refractivity contribution >= 4 is 41.5 Å². The molecule has 0 atom stereocenters. The molecule has 7 heteroatoms. The van der Waals surface area contributed by atoms with Crippen LogP contribution in [0.3, 0.4) is 0 Å². The summed E-state index contributed by atoms with van der Waals surface area (Å²) in [7, 11) is 1.88. The van der Waals surface area contributed by atoms with Gasteiger partial charge in [0.2, 0.25) is 5.91 Å². The zero-order chi connectivity index (χ0) is 14.1.